The minimum absolute atomic E-state index is 0.270. The Kier molecular flexibility index (Phi) is 3.92. The number of nitrogens with one attached hydrogen (secondary N) is 1. The molecule has 0 radical (unpaired) electrons. The van der Waals surface area contributed by atoms with E-state index in [1.54, 1.807) is 24.5 Å². The van der Waals surface area contributed by atoms with Crippen molar-refractivity contribution in [2.75, 3.05) is 7.11 Å². The van der Waals surface area contributed by atoms with Gasteiger partial charge in [0.15, 0.2) is 0 Å². The first kappa shape index (κ1) is 12.5. The Morgan fingerprint density at radius 1 is 1.44 bits per heavy atom. The molecule has 1 atom stereocenters. The molecular weight excluding hydrogens is 232 g/mol. The lowest BCUT2D eigenvalue weighted by atomic mass is 10.1. The summed E-state index contributed by atoms with van der Waals surface area (Å²) in [6, 6.07) is 2.67. The molecule has 1 aromatic rings. The standard InChI is InChI=1S/C13H16N2O3/c1-18-13(17)11(8-9-2-3-9)15-12(16)10-4-6-14-7-5-10/h4-7,9,11H,2-3,8H2,1H3,(H,15,16)/t11-/m0/s1. The number of aromatic nitrogens is 1. The van der Waals surface area contributed by atoms with E-state index in [0.717, 1.165) is 12.8 Å². The van der Waals surface area contributed by atoms with E-state index in [9.17, 15) is 9.59 Å². The van der Waals surface area contributed by atoms with Gasteiger partial charge in [-0.3, -0.25) is 9.78 Å². The van der Waals surface area contributed by atoms with Crippen molar-refractivity contribution in [3.8, 4) is 0 Å². The molecule has 1 heterocycles. The normalized spacial score (nSPS) is 15.8. The van der Waals surface area contributed by atoms with Crippen molar-refractivity contribution in [3.63, 3.8) is 0 Å². The Labute approximate surface area is 106 Å². The fraction of sp³-hybridized carbons (Fsp3) is 0.462. The molecule has 5 heteroatoms. The second kappa shape index (κ2) is 5.62. The lowest BCUT2D eigenvalue weighted by molar-refractivity contribution is -0.143. The summed E-state index contributed by atoms with van der Waals surface area (Å²) in [6.07, 6.45) is 5.99. The van der Waals surface area contributed by atoms with E-state index in [-0.39, 0.29) is 11.9 Å². The second-order valence-electron chi connectivity index (χ2n) is 4.46. The quantitative estimate of drug-likeness (QED) is 0.794. The lowest BCUT2D eigenvalue weighted by Crippen LogP contribution is -2.41. The van der Waals surface area contributed by atoms with Gasteiger partial charge in [0.05, 0.1) is 7.11 Å². The molecule has 2 rings (SSSR count). The molecule has 0 bridgehead atoms. The monoisotopic (exact) mass is 248 g/mol. The van der Waals surface area contributed by atoms with Crippen LogP contribution in [0.5, 0.6) is 0 Å². The highest BCUT2D eigenvalue weighted by atomic mass is 16.5. The summed E-state index contributed by atoms with van der Waals surface area (Å²) in [4.78, 5) is 27.4. The number of rotatable bonds is 5. The maximum absolute atomic E-state index is 11.9. The summed E-state index contributed by atoms with van der Waals surface area (Å²) in [5.74, 6) is -0.121. The Balaban J connectivity index is 1.99. The van der Waals surface area contributed by atoms with Crippen LogP contribution >= 0.6 is 0 Å². The molecule has 0 spiro atoms. The van der Waals surface area contributed by atoms with Crippen LogP contribution in [0.2, 0.25) is 0 Å². The van der Waals surface area contributed by atoms with Gasteiger partial charge in [-0.15, -0.1) is 0 Å². The highest BCUT2D eigenvalue weighted by molar-refractivity contribution is 5.96. The van der Waals surface area contributed by atoms with Gasteiger partial charge in [0.1, 0.15) is 6.04 Å². The zero-order chi connectivity index (χ0) is 13.0. The van der Waals surface area contributed by atoms with E-state index >= 15 is 0 Å². The largest absolute Gasteiger partial charge is 0.467 e. The third-order valence-corrected chi connectivity index (χ3v) is 3.00. The molecule has 1 aliphatic rings. The second-order valence-corrected chi connectivity index (χ2v) is 4.46. The number of ether oxygens (including phenoxy) is 1. The van der Waals surface area contributed by atoms with Crippen molar-refractivity contribution in [2.45, 2.75) is 25.3 Å². The molecule has 1 fully saturated rings. The number of carbonyl (C=O) groups is 2. The summed E-state index contributed by atoms with van der Waals surface area (Å²) in [6.45, 7) is 0. The smallest absolute Gasteiger partial charge is 0.328 e. The van der Waals surface area contributed by atoms with E-state index in [1.165, 1.54) is 7.11 Å². The summed E-state index contributed by atoms with van der Waals surface area (Å²) >= 11 is 0. The number of carbonyl (C=O) groups excluding carboxylic acids is 2. The highest BCUT2D eigenvalue weighted by Gasteiger charge is 2.31. The number of pyridine rings is 1. The Hall–Kier alpha value is -1.91. The maximum Gasteiger partial charge on any atom is 0.328 e. The molecular formula is C13H16N2O3. The van der Waals surface area contributed by atoms with Crippen LogP contribution in [0, 0.1) is 5.92 Å². The zero-order valence-electron chi connectivity index (χ0n) is 10.3. The van der Waals surface area contributed by atoms with Gasteiger partial charge in [-0.2, -0.15) is 0 Å². The van der Waals surface area contributed by atoms with Crippen LogP contribution in [0.4, 0.5) is 0 Å². The van der Waals surface area contributed by atoms with Gasteiger partial charge in [-0.05, 0) is 24.5 Å². The minimum Gasteiger partial charge on any atom is -0.467 e. The number of amides is 1. The van der Waals surface area contributed by atoms with Crippen molar-refractivity contribution in [1.82, 2.24) is 10.3 Å². The maximum atomic E-state index is 11.9. The predicted octanol–water partition coefficient (Wildman–Crippen LogP) is 1.15. The van der Waals surface area contributed by atoms with Gasteiger partial charge in [0.25, 0.3) is 5.91 Å². The Morgan fingerprint density at radius 2 is 2.11 bits per heavy atom. The average molecular weight is 248 g/mol. The van der Waals surface area contributed by atoms with Crippen LogP contribution in [-0.2, 0) is 9.53 Å². The average Bonchev–Trinajstić information content (AvgIpc) is 3.22. The van der Waals surface area contributed by atoms with Crippen LogP contribution in [0.1, 0.15) is 29.6 Å². The SMILES string of the molecule is COC(=O)[C@H](CC1CC1)NC(=O)c1ccncc1. The number of esters is 1. The van der Waals surface area contributed by atoms with Crippen LogP contribution in [0.3, 0.4) is 0 Å². The third kappa shape index (κ3) is 3.29. The van der Waals surface area contributed by atoms with Gasteiger partial charge in [0.2, 0.25) is 0 Å². The van der Waals surface area contributed by atoms with E-state index in [0.29, 0.717) is 17.9 Å². The van der Waals surface area contributed by atoms with Crippen molar-refractivity contribution < 1.29 is 14.3 Å². The summed E-state index contributed by atoms with van der Waals surface area (Å²) in [5.41, 5.74) is 0.495. The van der Waals surface area contributed by atoms with E-state index in [4.69, 9.17) is 4.74 Å². The first-order valence-corrected chi connectivity index (χ1v) is 5.99. The van der Waals surface area contributed by atoms with E-state index in [1.807, 2.05) is 0 Å². The summed E-state index contributed by atoms with van der Waals surface area (Å²) < 4.78 is 4.71. The molecule has 1 amide bonds. The highest BCUT2D eigenvalue weighted by Crippen LogP contribution is 2.33. The fourth-order valence-electron chi connectivity index (χ4n) is 1.79. The molecule has 1 aromatic heterocycles. The first-order chi connectivity index (χ1) is 8.70. The molecule has 0 unspecified atom stereocenters. The Bertz CT molecular complexity index is 429. The molecule has 5 nitrogen and oxygen atoms in total. The number of nitrogens with zero attached hydrogens (tertiary/aromatic N) is 1. The molecule has 1 aliphatic carbocycles. The Morgan fingerprint density at radius 3 is 2.67 bits per heavy atom. The number of hydrogen-bond donors (Lipinski definition) is 1. The van der Waals surface area contributed by atoms with Crippen LogP contribution in [-0.4, -0.2) is 30.0 Å². The number of methoxy groups -OCH3 is 1. The van der Waals surface area contributed by atoms with Gasteiger partial charge in [-0.25, -0.2) is 4.79 Å². The lowest BCUT2D eigenvalue weighted by Gasteiger charge is -2.16. The van der Waals surface area contributed by atoms with Gasteiger partial charge >= 0.3 is 5.97 Å². The topological polar surface area (TPSA) is 68.3 Å². The van der Waals surface area contributed by atoms with Crippen LogP contribution < -0.4 is 5.32 Å². The number of hydrogen-bond acceptors (Lipinski definition) is 4. The van der Waals surface area contributed by atoms with Gasteiger partial charge < -0.3 is 10.1 Å². The van der Waals surface area contributed by atoms with Gasteiger partial charge in [-0.1, -0.05) is 12.8 Å². The van der Waals surface area contributed by atoms with E-state index in [2.05, 4.69) is 10.3 Å². The molecule has 96 valence electrons. The van der Waals surface area contributed by atoms with Crippen molar-refractivity contribution in [1.29, 1.82) is 0 Å². The summed E-state index contributed by atoms with van der Waals surface area (Å²) in [7, 11) is 1.33. The molecule has 0 aromatic carbocycles. The fourth-order valence-corrected chi connectivity index (χ4v) is 1.79. The molecule has 1 saturated carbocycles. The third-order valence-electron chi connectivity index (χ3n) is 3.00. The van der Waals surface area contributed by atoms with Crippen molar-refractivity contribution in [2.24, 2.45) is 5.92 Å². The molecule has 0 saturated heterocycles. The van der Waals surface area contributed by atoms with Gasteiger partial charge in [0, 0.05) is 18.0 Å². The summed E-state index contributed by atoms with van der Waals surface area (Å²) in [5, 5.41) is 2.71. The minimum atomic E-state index is -0.553. The molecule has 18 heavy (non-hydrogen) atoms. The zero-order valence-corrected chi connectivity index (χ0v) is 10.3. The van der Waals surface area contributed by atoms with Crippen molar-refractivity contribution in [3.05, 3.63) is 30.1 Å². The van der Waals surface area contributed by atoms with Crippen LogP contribution in [0.15, 0.2) is 24.5 Å². The molecule has 1 N–H and O–H groups in total. The predicted molar refractivity (Wildman–Crippen MR) is 64.8 cm³/mol. The molecule has 0 aliphatic heterocycles. The van der Waals surface area contributed by atoms with Crippen molar-refractivity contribution >= 4 is 11.9 Å². The first-order valence-electron chi connectivity index (χ1n) is 5.99. The van der Waals surface area contributed by atoms with Crippen LogP contribution in [0.25, 0.3) is 0 Å². The van der Waals surface area contributed by atoms with E-state index < -0.39 is 6.04 Å².